The minimum Gasteiger partial charge on any atom is -0.371 e. The number of carbonyl (C=O) groups is 1. The number of amides is 1. The van der Waals surface area contributed by atoms with E-state index >= 15 is 0 Å². The number of halogens is 1. The van der Waals surface area contributed by atoms with E-state index < -0.39 is 10.0 Å². The molecule has 0 bridgehead atoms. The van der Waals surface area contributed by atoms with Crippen LogP contribution in [0, 0.1) is 0 Å². The molecule has 1 aromatic carbocycles. The van der Waals surface area contributed by atoms with E-state index in [0.29, 0.717) is 6.54 Å². The van der Waals surface area contributed by atoms with Gasteiger partial charge in [0.1, 0.15) is 0 Å². The SMILES string of the molecule is O=C1CN(S(=O)(=O)c2ccc(Br)cc2)CC2NC3(CCN(c4ccncc4)CC3)CN12. The number of nitrogens with zero attached hydrogens (tertiary/aromatic N) is 4. The summed E-state index contributed by atoms with van der Waals surface area (Å²) < 4.78 is 28.3. The van der Waals surface area contributed by atoms with Crippen molar-refractivity contribution in [3.8, 4) is 0 Å². The summed E-state index contributed by atoms with van der Waals surface area (Å²) in [5.41, 5.74) is 0.991. The van der Waals surface area contributed by atoms with Gasteiger partial charge in [-0.05, 0) is 49.2 Å². The van der Waals surface area contributed by atoms with Gasteiger partial charge >= 0.3 is 0 Å². The Hall–Kier alpha value is -2.01. The third kappa shape index (κ3) is 3.86. The average Bonchev–Trinajstić information content (AvgIpc) is 3.13. The molecule has 3 aliphatic rings. The molecule has 1 unspecified atom stereocenters. The Morgan fingerprint density at radius 2 is 1.74 bits per heavy atom. The Bertz CT molecular complexity index is 1070. The summed E-state index contributed by atoms with van der Waals surface area (Å²) in [5, 5.41) is 3.63. The molecule has 1 spiro atoms. The van der Waals surface area contributed by atoms with Crippen molar-refractivity contribution >= 4 is 37.5 Å². The van der Waals surface area contributed by atoms with Crippen molar-refractivity contribution in [3.05, 3.63) is 53.3 Å². The lowest BCUT2D eigenvalue weighted by molar-refractivity contribution is -0.135. The fraction of sp³-hybridized carbons (Fsp3) is 0.429. The molecule has 0 radical (unpaired) electrons. The second kappa shape index (κ2) is 7.84. The van der Waals surface area contributed by atoms with Crippen molar-refractivity contribution in [2.45, 2.75) is 29.4 Å². The van der Waals surface area contributed by atoms with Gasteiger partial charge in [-0.25, -0.2) is 8.42 Å². The number of rotatable bonds is 3. The lowest BCUT2D eigenvalue weighted by atomic mass is 9.88. The summed E-state index contributed by atoms with van der Waals surface area (Å²) in [6.45, 7) is 2.54. The lowest BCUT2D eigenvalue weighted by Crippen LogP contribution is -2.58. The normalized spacial score (nSPS) is 23.9. The van der Waals surface area contributed by atoms with Crippen LogP contribution in [-0.2, 0) is 14.8 Å². The molecule has 3 aliphatic heterocycles. The number of carbonyl (C=O) groups excluding carboxylic acids is 1. The zero-order valence-electron chi connectivity index (χ0n) is 16.9. The van der Waals surface area contributed by atoms with Crippen LogP contribution in [0.25, 0.3) is 0 Å². The minimum atomic E-state index is -3.73. The average molecular weight is 506 g/mol. The number of nitrogens with one attached hydrogen (secondary N) is 1. The van der Waals surface area contributed by atoms with E-state index in [-0.39, 0.29) is 35.6 Å². The summed E-state index contributed by atoms with van der Waals surface area (Å²) in [6, 6.07) is 10.5. The number of piperazine rings is 1. The Morgan fingerprint density at radius 1 is 1.06 bits per heavy atom. The molecule has 0 aliphatic carbocycles. The molecule has 1 amide bonds. The van der Waals surface area contributed by atoms with Crippen molar-refractivity contribution in [2.24, 2.45) is 0 Å². The van der Waals surface area contributed by atoms with Gasteiger partial charge in [0.15, 0.2) is 0 Å². The van der Waals surface area contributed by atoms with Crippen molar-refractivity contribution in [1.29, 1.82) is 0 Å². The predicted molar refractivity (Wildman–Crippen MR) is 120 cm³/mol. The third-order valence-electron chi connectivity index (χ3n) is 6.53. The number of fused-ring (bicyclic) bond motifs is 1. The molecule has 2 aromatic rings. The first-order chi connectivity index (χ1) is 14.9. The van der Waals surface area contributed by atoms with Crippen LogP contribution < -0.4 is 10.2 Å². The molecule has 3 saturated heterocycles. The topological polar surface area (TPSA) is 85.8 Å². The van der Waals surface area contributed by atoms with Gasteiger partial charge in [-0.2, -0.15) is 4.31 Å². The van der Waals surface area contributed by atoms with Crippen LogP contribution in [0.1, 0.15) is 12.8 Å². The zero-order chi connectivity index (χ0) is 21.6. The van der Waals surface area contributed by atoms with Crippen LogP contribution in [0.4, 0.5) is 5.69 Å². The van der Waals surface area contributed by atoms with Crippen LogP contribution in [0.3, 0.4) is 0 Å². The van der Waals surface area contributed by atoms with E-state index in [9.17, 15) is 13.2 Å². The largest absolute Gasteiger partial charge is 0.371 e. The number of hydrogen-bond acceptors (Lipinski definition) is 6. The summed E-state index contributed by atoms with van der Waals surface area (Å²) in [4.78, 5) is 21.3. The number of anilines is 1. The molecule has 1 atom stereocenters. The highest BCUT2D eigenvalue weighted by atomic mass is 79.9. The van der Waals surface area contributed by atoms with E-state index in [1.807, 2.05) is 17.0 Å². The summed E-state index contributed by atoms with van der Waals surface area (Å²) in [5.74, 6) is -0.141. The smallest absolute Gasteiger partial charge is 0.243 e. The highest BCUT2D eigenvalue weighted by molar-refractivity contribution is 9.10. The number of benzene rings is 1. The quantitative estimate of drug-likeness (QED) is 0.682. The minimum absolute atomic E-state index is 0.115. The van der Waals surface area contributed by atoms with E-state index in [1.165, 1.54) is 4.31 Å². The predicted octanol–water partition coefficient (Wildman–Crippen LogP) is 1.65. The lowest BCUT2D eigenvalue weighted by Gasteiger charge is -2.40. The van der Waals surface area contributed by atoms with Gasteiger partial charge in [0.05, 0.1) is 17.6 Å². The Labute approximate surface area is 190 Å². The standard InChI is InChI=1S/C21H24BrN5O3S/c22-16-1-3-18(4-2-16)31(29,30)26-13-19-24-21(15-27(19)20(28)14-26)7-11-25(12-8-21)17-5-9-23-10-6-17/h1-6,9-10,19,24H,7-8,11-15H2. The molecular weight excluding hydrogens is 482 g/mol. The maximum absolute atomic E-state index is 13.1. The first-order valence-electron chi connectivity index (χ1n) is 10.3. The molecule has 8 nitrogen and oxygen atoms in total. The number of hydrogen-bond donors (Lipinski definition) is 1. The van der Waals surface area contributed by atoms with Crippen LogP contribution in [0.15, 0.2) is 58.2 Å². The van der Waals surface area contributed by atoms with Crippen molar-refractivity contribution in [3.63, 3.8) is 0 Å². The molecule has 3 fully saturated rings. The molecule has 1 N–H and O–H groups in total. The molecule has 4 heterocycles. The second-order valence-corrected chi connectivity index (χ2v) is 11.3. The Kier molecular flexibility index (Phi) is 5.28. The monoisotopic (exact) mass is 505 g/mol. The van der Waals surface area contributed by atoms with Crippen LogP contribution in [0.5, 0.6) is 0 Å². The van der Waals surface area contributed by atoms with E-state index in [1.54, 1.807) is 36.7 Å². The molecule has 1 aromatic heterocycles. The number of aromatic nitrogens is 1. The molecule has 10 heteroatoms. The van der Waals surface area contributed by atoms with E-state index in [0.717, 1.165) is 36.1 Å². The fourth-order valence-electron chi connectivity index (χ4n) is 4.81. The number of pyridine rings is 1. The molecule has 5 rings (SSSR count). The second-order valence-electron chi connectivity index (χ2n) is 8.41. The van der Waals surface area contributed by atoms with Gasteiger partial charge in [0.25, 0.3) is 0 Å². The van der Waals surface area contributed by atoms with Gasteiger partial charge < -0.3 is 9.80 Å². The van der Waals surface area contributed by atoms with Gasteiger partial charge in [0.2, 0.25) is 15.9 Å². The summed E-state index contributed by atoms with van der Waals surface area (Å²) >= 11 is 3.33. The molecular formula is C21H24BrN5O3S. The van der Waals surface area contributed by atoms with Gasteiger partial charge in [0, 0.05) is 54.3 Å². The zero-order valence-corrected chi connectivity index (χ0v) is 19.3. The highest BCUT2D eigenvalue weighted by Crippen LogP contribution is 2.34. The van der Waals surface area contributed by atoms with Gasteiger partial charge in [-0.3, -0.25) is 15.1 Å². The Morgan fingerprint density at radius 3 is 2.42 bits per heavy atom. The van der Waals surface area contributed by atoms with Gasteiger partial charge in [-0.15, -0.1) is 0 Å². The van der Waals surface area contributed by atoms with Crippen molar-refractivity contribution in [2.75, 3.05) is 37.6 Å². The van der Waals surface area contributed by atoms with E-state index in [4.69, 9.17) is 0 Å². The number of piperidine rings is 1. The summed E-state index contributed by atoms with van der Waals surface area (Å²) in [6.07, 6.45) is 5.10. The summed E-state index contributed by atoms with van der Waals surface area (Å²) in [7, 11) is -3.73. The number of sulfonamides is 1. The van der Waals surface area contributed by atoms with Crippen LogP contribution in [0.2, 0.25) is 0 Å². The third-order valence-corrected chi connectivity index (χ3v) is 8.88. The first-order valence-corrected chi connectivity index (χ1v) is 12.6. The Balaban J connectivity index is 1.29. The molecule has 164 valence electrons. The highest BCUT2D eigenvalue weighted by Gasteiger charge is 2.50. The first kappa shape index (κ1) is 20.9. The van der Waals surface area contributed by atoms with E-state index in [2.05, 4.69) is 31.1 Å². The molecule has 31 heavy (non-hydrogen) atoms. The van der Waals surface area contributed by atoms with Crippen molar-refractivity contribution < 1.29 is 13.2 Å². The maximum atomic E-state index is 13.1. The van der Waals surface area contributed by atoms with Gasteiger partial charge in [-0.1, -0.05) is 15.9 Å². The van der Waals surface area contributed by atoms with Crippen LogP contribution >= 0.6 is 15.9 Å². The van der Waals surface area contributed by atoms with Crippen molar-refractivity contribution in [1.82, 2.24) is 19.5 Å². The van der Waals surface area contributed by atoms with Crippen LogP contribution in [-0.4, -0.2) is 72.9 Å². The fourth-order valence-corrected chi connectivity index (χ4v) is 6.47. The maximum Gasteiger partial charge on any atom is 0.243 e. The molecule has 0 saturated carbocycles.